The molecule has 1 amide bonds. The summed E-state index contributed by atoms with van der Waals surface area (Å²) in [6.45, 7) is 0. The van der Waals surface area contributed by atoms with E-state index in [9.17, 15) is 9.18 Å². The zero-order valence-corrected chi connectivity index (χ0v) is 11.5. The molecule has 0 aliphatic rings. The molecule has 0 radical (unpaired) electrons. The molecule has 1 atom stereocenters. The number of halogens is 2. The molecule has 0 fully saturated rings. The quantitative estimate of drug-likeness (QED) is 0.908. The summed E-state index contributed by atoms with van der Waals surface area (Å²) in [5, 5.41) is 2.93. The van der Waals surface area contributed by atoms with Crippen LogP contribution in [0.1, 0.15) is 11.6 Å². The van der Waals surface area contributed by atoms with Gasteiger partial charge in [0.1, 0.15) is 11.9 Å². The van der Waals surface area contributed by atoms with Crippen LogP contribution >= 0.6 is 15.9 Å². The summed E-state index contributed by atoms with van der Waals surface area (Å²) in [5.41, 5.74) is 6.61. The van der Waals surface area contributed by atoms with Crippen LogP contribution in [0.5, 0.6) is 0 Å². The molecule has 0 saturated carbocycles. The van der Waals surface area contributed by atoms with Gasteiger partial charge in [-0.15, -0.1) is 0 Å². The molecule has 3 N–H and O–H groups in total. The second-order valence-corrected chi connectivity index (χ2v) is 4.87. The van der Waals surface area contributed by atoms with Crippen molar-refractivity contribution in [2.45, 2.75) is 6.04 Å². The molecule has 2 aromatic carbocycles. The Labute approximate surface area is 118 Å². The predicted octanol–water partition coefficient (Wildman–Crippen LogP) is 3.23. The Hall–Kier alpha value is -1.88. The maximum Gasteiger partial charge on any atom is 0.244 e. The minimum Gasteiger partial charge on any atom is -0.370 e. The first-order chi connectivity index (χ1) is 9.08. The first-order valence-corrected chi connectivity index (χ1v) is 6.43. The number of primary amides is 1. The van der Waals surface area contributed by atoms with E-state index in [1.165, 1.54) is 6.07 Å². The number of carbonyl (C=O) groups is 1. The Morgan fingerprint density at radius 3 is 2.47 bits per heavy atom. The maximum atomic E-state index is 13.4. The first-order valence-electron chi connectivity index (χ1n) is 5.64. The highest BCUT2D eigenvalue weighted by Crippen LogP contribution is 2.23. The van der Waals surface area contributed by atoms with Crippen LogP contribution in [0.25, 0.3) is 0 Å². The largest absolute Gasteiger partial charge is 0.370 e. The minimum absolute atomic E-state index is 0.369. The molecule has 98 valence electrons. The number of hydrogen-bond acceptors (Lipinski definition) is 2. The molecule has 0 spiro atoms. The number of nitrogens with two attached hydrogens (primary N) is 1. The molecule has 0 saturated heterocycles. The van der Waals surface area contributed by atoms with E-state index in [1.807, 2.05) is 18.2 Å². The summed E-state index contributed by atoms with van der Waals surface area (Å²) in [6, 6.07) is 12.9. The highest BCUT2D eigenvalue weighted by atomic mass is 79.9. The Morgan fingerprint density at radius 1 is 1.21 bits per heavy atom. The van der Waals surface area contributed by atoms with Crippen LogP contribution in [0, 0.1) is 5.82 Å². The molecular formula is C14H12BrFN2O. The van der Waals surface area contributed by atoms with Crippen LogP contribution in [0.3, 0.4) is 0 Å². The van der Waals surface area contributed by atoms with Gasteiger partial charge in [0.2, 0.25) is 5.91 Å². The topological polar surface area (TPSA) is 55.1 Å². The predicted molar refractivity (Wildman–Crippen MR) is 76.1 cm³/mol. The normalized spacial score (nSPS) is 11.9. The summed E-state index contributed by atoms with van der Waals surface area (Å²) >= 11 is 3.08. The van der Waals surface area contributed by atoms with Crippen molar-refractivity contribution in [1.82, 2.24) is 0 Å². The Kier molecular flexibility index (Phi) is 4.16. The molecule has 3 nitrogen and oxygen atoms in total. The van der Waals surface area contributed by atoms with Crippen LogP contribution < -0.4 is 11.1 Å². The van der Waals surface area contributed by atoms with E-state index in [2.05, 4.69) is 21.2 Å². The van der Waals surface area contributed by atoms with E-state index < -0.39 is 17.8 Å². The summed E-state index contributed by atoms with van der Waals surface area (Å²) < 4.78 is 13.8. The standard InChI is InChI=1S/C14H12BrFN2O/c15-11-7-6-10(8-12(11)16)18-13(14(17)19)9-4-2-1-3-5-9/h1-8,13,18H,(H2,17,19)/t13-/m0/s1. The summed E-state index contributed by atoms with van der Waals surface area (Å²) in [6.07, 6.45) is 0. The Morgan fingerprint density at radius 2 is 1.89 bits per heavy atom. The highest BCUT2D eigenvalue weighted by Gasteiger charge is 2.17. The lowest BCUT2D eigenvalue weighted by Crippen LogP contribution is -2.27. The second-order valence-electron chi connectivity index (χ2n) is 4.02. The van der Waals surface area contributed by atoms with Crippen LogP contribution in [-0.4, -0.2) is 5.91 Å². The van der Waals surface area contributed by atoms with Crippen LogP contribution in [0.2, 0.25) is 0 Å². The van der Waals surface area contributed by atoms with Crippen molar-refractivity contribution in [3.63, 3.8) is 0 Å². The number of amides is 1. The van der Waals surface area contributed by atoms with Gasteiger partial charge in [-0.1, -0.05) is 30.3 Å². The van der Waals surface area contributed by atoms with Gasteiger partial charge in [0.15, 0.2) is 0 Å². The number of nitrogens with one attached hydrogen (secondary N) is 1. The van der Waals surface area contributed by atoms with Gasteiger partial charge < -0.3 is 11.1 Å². The third-order valence-corrected chi connectivity index (χ3v) is 3.29. The van der Waals surface area contributed by atoms with Crippen molar-refractivity contribution >= 4 is 27.5 Å². The molecule has 0 aliphatic heterocycles. The number of carbonyl (C=O) groups excluding carboxylic acids is 1. The molecule has 0 aromatic heterocycles. The van der Waals surface area contributed by atoms with Crippen LogP contribution in [-0.2, 0) is 4.79 Å². The van der Waals surface area contributed by atoms with Crippen molar-refractivity contribution in [3.8, 4) is 0 Å². The van der Waals surface area contributed by atoms with Gasteiger partial charge in [0.05, 0.1) is 4.47 Å². The van der Waals surface area contributed by atoms with Gasteiger partial charge in [0, 0.05) is 5.69 Å². The average molecular weight is 323 g/mol. The summed E-state index contributed by atoms with van der Waals surface area (Å²) in [4.78, 5) is 11.5. The first kappa shape index (κ1) is 13.5. The van der Waals surface area contributed by atoms with E-state index in [1.54, 1.807) is 24.3 Å². The number of anilines is 1. The van der Waals surface area contributed by atoms with E-state index >= 15 is 0 Å². The average Bonchev–Trinajstić information content (AvgIpc) is 2.40. The number of benzene rings is 2. The molecule has 0 bridgehead atoms. The zero-order valence-electron chi connectivity index (χ0n) is 9.94. The lowest BCUT2D eigenvalue weighted by molar-refractivity contribution is -0.118. The molecule has 2 aromatic rings. The smallest absolute Gasteiger partial charge is 0.244 e. The fraction of sp³-hybridized carbons (Fsp3) is 0.0714. The van der Waals surface area contributed by atoms with E-state index in [0.29, 0.717) is 10.2 Å². The minimum atomic E-state index is -0.693. The monoisotopic (exact) mass is 322 g/mol. The molecule has 0 aliphatic carbocycles. The number of rotatable bonds is 4. The Balaban J connectivity index is 2.27. The second kappa shape index (κ2) is 5.84. The van der Waals surface area contributed by atoms with E-state index in [0.717, 1.165) is 5.56 Å². The molecule has 0 unspecified atom stereocenters. The fourth-order valence-corrected chi connectivity index (χ4v) is 1.96. The molecule has 2 rings (SSSR count). The third-order valence-electron chi connectivity index (χ3n) is 2.65. The number of hydrogen-bond donors (Lipinski definition) is 2. The van der Waals surface area contributed by atoms with Crippen molar-refractivity contribution in [2.24, 2.45) is 5.73 Å². The SMILES string of the molecule is NC(=O)[C@@H](Nc1ccc(Br)c(F)c1)c1ccccc1. The highest BCUT2D eigenvalue weighted by molar-refractivity contribution is 9.10. The van der Waals surface area contributed by atoms with E-state index in [4.69, 9.17) is 5.73 Å². The lowest BCUT2D eigenvalue weighted by atomic mass is 10.1. The van der Waals surface area contributed by atoms with Crippen molar-refractivity contribution in [3.05, 3.63) is 64.4 Å². The van der Waals surface area contributed by atoms with Crippen molar-refractivity contribution in [2.75, 3.05) is 5.32 Å². The fourth-order valence-electron chi connectivity index (χ4n) is 1.72. The molecule has 0 heterocycles. The maximum absolute atomic E-state index is 13.4. The lowest BCUT2D eigenvalue weighted by Gasteiger charge is -2.17. The summed E-state index contributed by atoms with van der Waals surface area (Å²) in [7, 11) is 0. The van der Waals surface area contributed by atoms with Crippen molar-refractivity contribution < 1.29 is 9.18 Å². The van der Waals surface area contributed by atoms with Gasteiger partial charge >= 0.3 is 0 Å². The van der Waals surface area contributed by atoms with Gasteiger partial charge in [-0.25, -0.2) is 4.39 Å². The van der Waals surface area contributed by atoms with Gasteiger partial charge in [0.25, 0.3) is 0 Å². The Bertz CT molecular complexity index is 589. The third kappa shape index (κ3) is 3.32. The van der Waals surface area contributed by atoms with Gasteiger partial charge in [-0.2, -0.15) is 0 Å². The zero-order chi connectivity index (χ0) is 13.8. The molecular weight excluding hydrogens is 311 g/mol. The van der Waals surface area contributed by atoms with Crippen LogP contribution in [0.4, 0.5) is 10.1 Å². The van der Waals surface area contributed by atoms with Gasteiger partial charge in [-0.3, -0.25) is 4.79 Å². The van der Waals surface area contributed by atoms with E-state index in [-0.39, 0.29) is 0 Å². The van der Waals surface area contributed by atoms with Crippen molar-refractivity contribution in [1.29, 1.82) is 0 Å². The van der Waals surface area contributed by atoms with Crippen LogP contribution in [0.15, 0.2) is 53.0 Å². The molecule has 5 heteroatoms. The van der Waals surface area contributed by atoms with Gasteiger partial charge in [-0.05, 0) is 39.7 Å². The summed E-state index contributed by atoms with van der Waals surface area (Å²) in [5.74, 6) is -0.921. The molecule has 19 heavy (non-hydrogen) atoms.